The molecule has 6 atom stereocenters. The zero-order valence-electron chi connectivity index (χ0n) is 48.3. The molecule has 0 aliphatic carbocycles. The molecule has 2 unspecified atom stereocenters. The Kier molecular flexibility index (Phi) is 23.6. The van der Waals surface area contributed by atoms with Gasteiger partial charge in [-0.25, -0.2) is 28.0 Å². The van der Waals surface area contributed by atoms with E-state index in [1.54, 1.807) is 120 Å². The molecule has 2 saturated heterocycles. The van der Waals surface area contributed by atoms with Crippen molar-refractivity contribution in [3.8, 4) is 0 Å². The zero-order valence-corrected chi connectivity index (χ0v) is 49.3. The first kappa shape index (κ1) is 64.4. The van der Waals surface area contributed by atoms with Crippen molar-refractivity contribution in [2.45, 2.75) is 168 Å². The molecule has 6 rings (SSSR count). The van der Waals surface area contributed by atoms with Crippen LogP contribution in [0.15, 0.2) is 121 Å². The van der Waals surface area contributed by atoms with Gasteiger partial charge < -0.3 is 43.4 Å². The third-order valence-electron chi connectivity index (χ3n) is 13.0. The van der Waals surface area contributed by atoms with Crippen LogP contribution in [0.25, 0.3) is 12.2 Å². The van der Waals surface area contributed by atoms with Gasteiger partial charge in [-0.05, 0) is 146 Å². The van der Waals surface area contributed by atoms with E-state index in [0.717, 1.165) is 34.7 Å². The maximum Gasteiger partial charge on any atom is 0.338 e. The number of esters is 3. The Morgan fingerprint density at radius 1 is 0.637 bits per heavy atom. The van der Waals surface area contributed by atoms with Gasteiger partial charge in [0, 0.05) is 14.7 Å². The van der Waals surface area contributed by atoms with E-state index in [1.807, 2.05) is 52.0 Å². The lowest BCUT2D eigenvalue weighted by Gasteiger charge is -2.25. The lowest BCUT2D eigenvalue weighted by molar-refractivity contribution is -0.154. The molecule has 4 aromatic carbocycles. The second-order valence-electron chi connectivity index (χ2n) is 22.3. The molecule has 16 heteroatoms. The minimum absolute atomic E-state index is 0.0391. The number of aliphatic hydroxyl groups is 1. The number of aryl methyl sites for hydroxylation is 4. The van der Waals surface area contributed by atoms with E-state index >= 15 is 8.78 Å². The topological polar surface area (TPSA) is 173 Å². The number of aromatic carboxylic acids is 1. The van der Waals surface area contributed by atoms with Crippen molar-refractivity contribution >= 4 is 44.1 Å². The first-order valence-electron chi connectivity index (χ1n) is 27.2. The number of rotatable bonds is 23. The monoisotopic (exact) mass is 1120 g/mol. The summed E-state index contributed by atoms with van der Waals surface area (Å²) in [5, 5.41) is 18.8. The van der Waals surface area contributed by atoms with Crippen molar-refractivity contribution in [1.82, 2.24) is 0 Å². The third-order valence-corrected chi connectivity index (χ3v) is 14.7. The summed E-state index contributed by atoms with van der Waals surface area (Å²) in [6, 6.07) is 25.1. The van der Waals surface area contributed by atoms with Crippen molar-refractivity contribution in [2.75, 3.05) is 13.2 Å². The van der Waals surface area contributed by atoms with Crippen molar-refractivity contribution in [3.63, 3.8) is 0 Å². The molecule has 80 heavy (non-hydrogen) atoms. The summed E-state index contributed by atoms with van der Waals surface area (Å²) in [5.74, 6) is -6.14. The van der Waals surface area contributed by atoms with Gasteiger partial charge in [0.25, 0.3) is 0 Å². The van der Waals surface area contributed by atoms with Crippen LogP contribution in [-0.4, -0.2) is 104 Å². The smallest absolute Gasteiger partial charge is 0.338 e. The van der Waals surface area contributed by atoms with E-state index in [0.29, 0.717) is 41.7 Å². The molecular formula is C64H80F2O13Si. The number of carboxylic acids is 1. The summed E-state index contributed by atoms with van der Waals surface area (Å²) >= 11 is 0. The number of benzene rings is 4. The van der Waals surface area contributed by atoms with Crippen LogP contribution in [0.3, 0.4) is 0 Å². The summed E-state index contributed by atoms with van der Waals surface area (Å²) in [4.78, 5) is 50.7. The minimum Gasteiger partial charge on any atom is -0.478 e. The van der Waals surface area contributed by atoms with Crippen LogP contribution < -0.4 is 0 Å². The molecule has 2 N–H and O–H groups in total. The molecule has 0 saturated carbocycles. The Morgan fingerprint density at radius 2 is 1.06 bits per heavy atom. The van der Waals surface area contributed by atoms with E-state index in [4.69, 9.17) is 38.3 Å². The normalized spacial score (nSPS) is 19.8. The Labute approximate surface area is 471 Å². The number of carboxylic acid groups (broad SMARTS) is 1. The Morgan fingerprint density at radius 3 is 1.48 bits per heavy atom. The molecule has 2 aliphatic heterocycles. The summed E-state index contributed by atoms with van der Waals surface area (Å²) in [6.45, 7) is 23.2. The van der Waals surface area contributed by atoms with Crippen molar-refractivity contribution < 1.29 is 71.3 Å². The second-order valence-corrected chi connectivity index (χ2v) is 27.9. The van der Waals surface area contributed by atoms with Crippen LogP contribution in [0.4, 0.5) is 8.78 Å². The fraction of sp³-hybridized carbons (Fsp3) is 0.438. The maximum absolute atomic E-state index is 15.6. The number of unbranched alkanes of at least 4 members (excludes halogenated alkanes) is 1. The van der Waals surface area contributed by atoms with E-state index < -0.39 is 85.8 Å². The number of allylic oxidation sites excluding steroid dienone is 1. The van der Waals surface area contributed by atoms with Crippen LogP contribution in [0.2, 0.25) is 25.7 Å². The molecule has 0 aromatic heterocycles. The number of hydrogen-bond acceptors (Lipinski definition) is 12. The van der Waals surface area contributed by atoms with Gasteiger partial charge in [-0.3, -0.25) is 0 Å². The number of carbonyl (C=O) groups excluding carboxylic acids is 3. The average Bonchev–Trinajstić information content (AvgIpc) is 3.99. The highest BCUT2D eigenvalue weighted by molar-refractivity contribution is 6.76. The average molecular weight is 1120 g/mol. The number of carbonyl (C=O) groups is 4. The number of halogens is 2. The van der Waals surface area contributed by atoms with Gasteiger partial charge in [0.1, 0.15) is 23.9 Å². The van der Waals surface area contributed by atoms with Crippen LogP contribution in [0, 0.1) is 27.7 Å². The lowest BCUT2D eigenvalue weighted by atomic mass is 9.97. The predicted molar refractivity (Wildman–Crippen MR) is 308 cm³/mol. The number of hydrogen-bond donors (Lipinski definition) is 2. The van der Waals surface area contributed by atoms with Crippen molar-refractivity contribution in [3.05, 3.63) is 177 Å². The number of aliphatic hydroxyl groups excluding tert-OH is 1. The predicted octanol–water partition coefficient (Wildman–Crippen LogP) is 14.0. The molecule has 0 bridgehead atoms. The Bertz CT molecular complexity index is 2870. The van der Waals surface area contributed by atoms with Gasteiger partial charge >= 0.3 is 23.9 Å². The van der Waals surface area contributed by atoms with Crippen LogP contribution in [0.5, 0.6) is 0 Å². The molecule has 13 nitrogen and oxygen atoms in total. The first-order chi connectivity index (χ1) is 37.7. The molecule has 2 fully saturated rings. The van der Waals surface area contributed by atoms with E-state index in [1.165, 1.54) is 12.2 Å². The van der Waals surface area contributed by atoms with Gasteiger partial charge in [0.15, 0.2) is 23.8 Å². The molecular weight excluding hydrogens is 1040 g/mol. The second kappa shape index (κ2) is 29.4. The molecule has 0 radical (unpaired) electrons. The highest BCUT2D eigenvalue weighted by atomic mass is 28.3. The SMILES string of the molecule is CCC/C=C(/F)C(OC(=O)c1ccccc1)[C@H]1OC(C)(C)O[C@H]1C/C=C/c1cc(C)cc(C)c1C(=O)OCC[Si](C)(C)C.Cc1cc(C)c(C(=O)O)c(/C=C/C[C@@H]2OC(C)(C)O[C@@H]2C(OC(=O)c2ccccc2)/C(F)=C\CCO)c1. The van der Waals surface area contributed by atoms with Gasteiger partial charge in [-0.1, -0.05) is 129 Å². The summed E-state index contributed by atoms with van der Waals surface area (Å²) < 4.78 is 72.2. The van der Waals surface area contributed by atoms with Crippen LogP contribution >= 0.6 is 0 Å². The highest BCUT2D eigenvalue weighted by Gasteiger charge is 2.49. The van der Waals surface area contributed by atoms with Crippen LogP contribution in [0.1, 0.15) is 142 Å². The van der Waals surface area contributed by atoms with E-state index in [9.17, 15) is 24.3 Å². The van der Waals surface area contributed by atoms with Gasteiger partial charge in [0.05, 0.1) is 41.1 Å². The quantitative estimate of drug-likeness (QED) is 0.0408. The molecule has 0 amide bonds. The van der Waals surface area contributed by atoms with E-state index in [-0.39, 0.29) is 36.5 Å². The van der Waals surface area contributed by atoms with E-state index in [2.05, 4.69) is 19.6 Å². The molecule has 2 heterocycles. The fourth-order valence-electron chi connectivity index (χ4n) is 9.41. The minimum atomic E-state index is -1.41. The van der Waals surface area contributed by atoms with Gasteiger partial charge in [0.2, 0.25) is 0 Å². The summed E-state index contributed by atoms with van der Waals surface area (Å²) in [5.41, 5.74) is 6.03. The van der Waals surface area contributed by atoms with Gasteiger partial charge in [-0.15, -0.1) is 0 Å². The van der Waals surface area contributed by atoms with Crippen LogP contribution in [-0.2, 0) is 33.2 Å². The largest absolute Gasteiger partial charge is 0.478 e. The summed E-state index contributed by atoms with van der Waals surface area (Å²) in [7, 11) is -1.35. The lowest BCUT2D eigenvalue weighted by Crippen LogP contribution is -2.39. The fourth-order valence-corrected chi connectivity index (χ4v) is 10.1. The standard InChI is InChI=1S/C35H47FO6Si.C29H33FO7/c1-9-10-18-28(36)31(40-33(37)26-15-12-11-13-16-26)32-29(41-35(4,5)42-32)19-14-17-27-23-24(2)22-25(3)30(27)34(38)39-20-21-43(6,7)8;1-18-16-19(2)24(27(32)33)21(17-18)12-8-14-23-26(37-29(3,4)36-23)25(22(30)13-9-15-31)35-28(34)20-10-6-5-7-11-20/h11-18,22-23,29,31-32H,9-10,19-21H2,1-8H3;5-8,10-13,16-17,23,25-26,31H,9,14-15H2,1-4H3,(H,32,33)/b17-14+,28-18+;12-8+,22-13+/t29-,31?,32-;23-,25?,26-/m00/s1. The Hall–Kier alpha value is -6.40. The van der Waals surface area contributed by atoms with Crippen molar-refractivity contribution in [1.29, 1.82) is 0 Å². The molecule has 432 valence electrons. The summed E-state index contributed by atoms with van der Waals surface area (Å²) in [6.07, 6.45) is 5.79. The third kappa shape index (κ3) is 19.1. The Balaban J connectivity index is 0.000000297. The molecule has 4 aromatic rings. The maximum atomic E-state index is 15.6. The highest BCUT2D eigenvalue weighted by Crippen LogP contribution is 2.38. The number of ether oxygens (including phenoxy) is 7. The zero-order chi connectivity index (χ0) is 59.0. The first-order valence-corrected chi connectivity index (χ1v) is 30.9. The molecule has 2 aliphatic rings. The molecule has 0 spiro atoms. The van der Waals surface area contributed by atoms with Gasteiger partial charge in [-0.2, -0.15) is 0 Å². The van der Waals surface area contributed by atoms with Crippen molar-refractivity contribution in [2.24, 2.45) is 0 Å².